The molecular weight excluding hydrogens is 447 g/mol. The van der Waals surface area contributed by atoms with Gasteiger partial charge in [0.25, 0.3) is 0 Å². The van der Waals surface area contributed by atoms with E-state index in [1.807, 2.05) is 56.1 Å². The molecule has 0 saturated heterocycles. The average Bonchev–Trinajstić information content (AvgIpc) is 2.79. The third-order valence-electron chi connectivity index (χ3n) is 6.12. The lowest BCUT2D eigenvalue weighted by molar-refractivity contribution is -0.142. The molecule has 0 unspecified atom stereocenters. The highest BCUT2D eigenvalue weighted by Gasteiger charge is 2.35. The number of hydrogen-bond acceptors (Lipinski definition) is 4. The molecule has 1 amide bonds. The maximum atomic E-state index is 13.2. The molecule has 7 heteroatoms. The van der Waals surface area contributed by atoms with Crippen molar-refractivity contribution in [3.8, 4) is 11.5 Å². The van der Waals surface area contributed by atoms with Crippen molar-refractivity contribution in [2.24, 2.45) is 5.41 Å². The largest absolute Gasteiger partial charge is 0.494 e. The number of rotatable bonds is 9. The lowest BCUT2D eigenvalue weighted by atomic mass is 9.84. The van der Waals surface area contributed by atoms with Gasteiger partial charge in [-0.25, -0.2) is 4.98 Å². The predicted octanol–water partition coefficient (Wildman–Crippen LogP) is 6.42. The lowest BCUT2D eigenvalue weighted by Gasteiger charge is -2.38. The van der Waals surface area contributed by atoms with E-state index in [4.69, 9.17) is 32.7 Å². The summed E-state index contributed by atoms with van der Waals surface area (Å²) < 4.78 is 11.8. The summed E-state index contributed by atoms with van der Waals surface area (Å²) >= 11 is 11.7. The zero-order chi connectivity index (χ0) is 23.1. The van der Waals surface area contributed by atoms with Gasteiger partial charge in [0.05, 0.1) is 18.9 Å². The second-order valence-electron chi connectivity index (χ2n) is 9.07. The maximum absolute atomic E-state index is 13.2. The molecule has 1 fully saturated rings. The number of pyridine rings is 1. The van der Waals surface area contributed by atoms with Crippen LogP contribution in [0.4, 0.5) is 0 Å². The van der Waals surface area contributed by atoms with Crippen molar-refractivity contribution in [2.45, 2.75) is 64.5 Å². The fourth-order valence-corrected chi connectivity index (χ4v) is 4.40. The number of carbonyl (C=O) groups is 1. The first-order valence-electron chi connectivity index (χ1n) is 11.2. The minimum Gasteiger partial charge on any atom is -0.494 e. The minimum absolute atomic E-state index is 0.149. The Morgan fingerprint density at radius 1 is 1.06 bits per heavy atom. The van der Waals surface area contributed by atoms with E-state index >= 15 is 0 Å². The van der Waals surface area contributed by atoms with Crippen molar-refractivity contribution in [2.75, 3.05) is 13.7 Å². The molecule has 0 N–H and O–H groups in total. The zero-order valence-corrected chi connectivity index (χ0v) is 20.5. The summed E-state index contributed by atoms with van der Waals surface area (Å²) in [5.74, 6) is 1.73. The van der Waals surface area contributed by atoms with Crippen molar-refractivity contribution < 1.29 is 14.3 Å². The highest BCUT2D eigenvalue weighted by Crippen LogP contribution is 2.31. The van der Waals surface area contributed by atoms with Gasteiger partial charge in [0, 0.05) is 23.5 Å². The minimum atomic E-state index is -0.430. The molecule has 5 nitrogen and oxygen atoms in total. The van der Waals surface area contributed by atoms with Crippen LogP contribution in [0.5, 0.6) is 11.5 Å². The number of benzene rings is 1. The zero-order valence-electron chi connectivity index (χ0n) is 19.0. The standard InChI is InChI=1S/C25H32Cl2N2O3/c1-25(2,15-4-16-31-20-9-5-18(26)6-10-20)24(30)29(3)19-7-11-21(12-8-19)32-22-13-14-23(27)28-17-22/h5-6,9-10,13-14,17,19,21H,4,7-8,11-12,15-16H2,1-3H3/t19-,21-. The van der Waals surface area contributed by atoms with E-state index in [0.717, 1.165) is 50.0 Å². The molecule has 0 aliphatic heterocycles. The molecule has 1 aromatic heterocycles. The van der Waals surface area contributed by atoms with Crippen molar-refractivity contribution in [1.82, 2.24) is 9.88 Å². The van der Waals surface area contributed by atoms with Crippen LogP contribution in [0.1, 0.15) is 52.4 Å². The molecule has 1 aromatic carbocycles. The number of carbonyl (C=O) groups excluding carboxylic acids is 1. The van der Waals surface area contributed by atoms with Crippen LogP contribution in [0.25, 0.3) is 0 Å². The topological polar surface area (TPSA) is 51.7 Å². The number of ether oxygens (including phenoxy) is 2. The molecule has 0 spiro atoms. The van der Waals surface area contributed by atoms with E-state index in [1.165, 1.54) is 0 Å². The van der Waals surface area contributed by atoms with Gasteiger partial charge in [0.15, 0.2) is 0 Å². The third-order valence-corrected chi connectivity index (χ3v) is 6.60. The molecule has 1 heterocycles. The molecule has 0 radical (unpaired) electrons. The first kappa shape index (κ1) is 24.7. The Morgan fingerprint density at radius 2 is 1.72 bits per heavy atom. The highest BCUT2D eigenvalue weighted by molar-refractivity contribution is 6.30. The Bertz CT molecular complexity index is 864. The van der Waals surface area contributed by atoms with Gasteiger partial charge in [-0.05, 0) is 74.9 Å². The van der Waals surface area contributed by atoms with Gasteiger partial charge in [-0.15, -0.1) is 0 Å². The second-order valence-corrected chi connectivity index (χ2v) is 9.89. The van der Waals surface area contributed by atoms with Gasteiger partial charge in [0.2, 0.25) is 5.91 Å². The smallest absolute Gasteiger partial charge is 0.228 e. The van der Waals surface area contributed by atoms with Gasteiger partial charge in [0.1, 0.15) is 16.7 Å². The van der Waals surface area contributed by atoms with E-state index in [0.29, 0.717) is 16.8 Å². The molecule has 2 aromatic rings. The van der Waals surface area contributed by atoms with Crippen molar-refractivity contribution in [3.63, 3.8) is 0 Å². The first-order valence-corrected chi connectivity index (χ1v) is 11.9. The van der Waals surface area contributed by atoms with Crippen LogP contribution >= 0.6 is 23.2 Å². The molecule has 0 bridgehead atoms. The van der Waals surface area contributed by atoms with Crippen LogP contribution in [-0.2, 0) is 4.79 Å². The summed E-state index contributed by atoms with van der Waals surface area (Å²) in [5.41, 5.74) is -0.430. The number of nitrogens with zero attached hydrogens (tertiary/aromatic N) is 2. The van der Waals surface area contributed by atoms with Crippen LogP contribution in [0.3, 0.4) is 0 Å². The van der Waals surface area contributed by atoms with Gasteiger partial charge >= 0.3 is 0 Å². The van der Waals surface area contributed by atoms with Crippen molar-refractivity contribution >= 4 is 29.1 Å². The second kappa shape index (κ2) is 11.2. The summed E-state index contributed by atoms with van der Waals surface area (Å²) in [4.78, 5) is 19.2. The van der Waals surface area contributed by atoms with E-state index in [1.54, 1.807) is 12.3 Å². The molecule has 1 aliphatic carbocycles. The third kappa shape index (κ3) is 7.01. The number of amides is 1. The molecule has 1 saturated carbocycles. The fraction of sp³-hybridized carbons (Fsp3) is 0.520. The number of hydrogen-bond donors (Lipinski definition) is 0. The summed E-state index contributed by atoms with van der Waals surface area (Å²) in [7, 11) is 1.93. The van der Waals surface area contributed by atoms with E-state index < -0.39 is 5.41 Å². The Hall–Kier alpha value is -1.98. The van der Waals surface area contributed by atoms with Crippen molar-refractivity contribution in [3.05, 3.63) is 52.8 Å². The quantitative estimate of drug-likeness (QED) is 0.308. The highest BCUT2D eigenvalue weighted by atomic mass is 35.5. The Labute approximate surface area is 201 Å². The SMILES string of the molecule is CN(C(=O)C(C)(C)CCCOc1ccc(Cl)cc1)[C@H]1CC[C@H](Oc2ccc(Cl)nc2)CC1. The molecule has 0 atom stereocenters. The monoisotopic (exact) mass is 478 g/mol. The first-order chi connectivity index (χ1) is 15.2. The summed E-state index contributed by atoms with van der Waals surface area (Å²) in [5, 5.41) is 1.15. The van der Waals surface area contributed by atoms with E-state index in [9.17, 15) is 4.79 Å². The van der Waals surface area contributed by atoms with Crippen LogP contribution in [-0.4, -0.2) is 41.6 Å². The van der Waals surface area contributed by atoms with Crippen LogP contribution in [0, 0.1) is 5.41 Å². The van der Waals surface area contributed by atoms with Crippen LogP contribution < -0.4 is 9.47 Å². The predicted molar refractivity (Wildman–Crippen MR) is 129 cm³/mol. The summed E-state index contributed by atoms with van der Waals surface area (Å²) in [6, 6.07) is 11.2. The Balaban J connectivity index is 1.41. The van der Waals surface area contributed by atoms with Crippen LogP contribution in [0.15, 0.2) is 42.6 Å². The average molecular weight is 479 g/mol. The molecule has 174 valence electrons. The number of aromatic nitrogens is 1. The van der Waals surface area contributed by atoms with Gasteiger partial charge in [-0.1, -0.05) is 37.0 Å². The summed E-state index contributed by atoms with van der Waals surface area (Å²) in [6.45, 7) is 4.62. The Morgan fingerprint density at radius 3 is 2.34 bits per heavy atom. The van der Waals surface area contributed by atoms with Crippen LogP contribution in [0.2, 0.25) is 10.2 Å². The normalized spacial score (nSPS) is 18.8. The van der Waals surface area contributed by atoms with Crippen molar-refractivity contribution in [1.29, 1.82) is 0 Å². The summed E-state index contributed by atoms with van der Waals surface area (Å²) in [6.07, 6.45) is 7.09. The van der Waals surface area contributed by atoms with E-state index in [2.05, 4.69) is 4.98 Å². The van der Waals surface area contributed by atoms with Gasteiger partial charge in [-0.3, -0.25) is 4.79 Å². The molecule has 32 heavy (non-hydrogen) atoms. The molecule has 1 aliphatic rings. The van der Waals surface area contributed by atoms with Gasteiger partial charge in [-0.2, -0.15) is 0 Å². The molecular formula is C25H32Cl2N2O3. The van der Waals surface area contributed by atoms with E-state index in [-0.39, 0.29) is 18.1 Å². The number of halogens is 2. The maximum Gasteiger partial charge on any atom is 0.228 e. The fourth-order valence-electron chi connectivity index (χ4n) is 4.16. The molecule has 3 rings (SSSR count). The Kier molecular flexibility index (Phi) is 8.66. The lowest BCUT2D eigenvalue weighted by Crippen LogP contribution is -2.46. The van der Waals surface area contributed by atoms with Gasteiger partial charge < -0.3 is 14.4 Å².